The fourth-order valence-electron chi connectivity index (χ4n) is 4.70. The zero-order valence-corrected chi connectivity index (χ0v) is 22.1. The summed E-state index contributed by atoms with van der Waals surface area (Å²) >= 11 is 0. The van der Waals surface area contributed by atoms with Gasteiger partial charge >= 0.3 is 6.09 Å². The lowest BCUT2D eigenvalue weighted by Crippen LogP contribution is -2.46. The molecule has 0 bridgehead atoms. The van der Waals surface area contributed by atoms with E-state index in [1.165, 1.54) is 11.1 Å². The van der Waals surface area contributed by atoms with Crippen molar-refractivity contribution >= 4 is 17.7 Å². The van der Waals surface area contributed by atoms with E-state index in [0.717, 1.165) is 37.2 Å². The SMILES string of the molecule is CC(=O)Nc1cccc2c1CC(CC(C)C)N(CCN(Cc1ccccc1)C(=O)OC(C)(C)C)C2. The highest BCUT2D eigenvalue weighted by Gasteiger charge is 2.30. The smallest absolute Gasteiger partial charge is 0.410 e. The molecule has 1 heterocycles. The van der Waals surface area contributed by atoms with E-state index >= 15 is 0 Å². The molecular formula is C29H41N3O3. The van der Waals surface area contributed by atoms with E-state index < -0.39 is 5.60 Å². The normalized spacial score (nSPS) is 16.0. The molecule has 1 atom stereocenters. The summed E-state index contributed by atoms with van der Waals surface area (Å²) in [5.74, 6) is 0.499. The van der Waals surface area contributed by atoms with Crippen molar-refractivity contribution in [2.24, 2.45) is 5.92 Å². The third-order valence-corrected chi connectivity index (χ3v) is 6.18. The summed E-state index contributed by atoms with van der Waals surface area (Å²) in [6.45, 7) is 14.4. The number of benzene rings is 2. The van der Waals surface area contributed by atoms with Gasteiger partial charge in [-0.05, 0) is 62.3 Å². The van der Waals surface area contributed by atoms with Crippen molar-refractivity contribution in [3.8, 4) is 0 Å². The number of nitrogens with one attached hydrogen (secondary N) is 1. The molecule has 1 N–H and O–H groups in total. The lowest BCUT2D eigenvalue weighted by molar-refractivity contribution is -0.114. The molecule has 2 aromatic rings. The predicted octanol–water partition coefficient (Wildman–Crippen LogP) is 5.86. The highest BCUT2D eigenvalue weighted by Crippen LogP contribution is 2.32. The molecule has 0 saturated carbocycles. The Balaban J connectivity index is 1.80. The third kappa shape index (κ3) is 8.10. The van der Waals surface area contributed by atoms with E-state index in [-0.39, 0.29) is 12.0 Å². The van der Waals surface area contributed by atoms with Gasteiger partial charge in [-0.25, -0.2) is 4.79 Å². The summed E-state index contributed by atoms with van der Waals surface area (Å²) in [5, 5.41) is 3.01. The number of fused-ring (bicyclic) bond motifs is 1. The largest absolute Gasteiger partial charge is 0.444 e. The van der Waals surface area contributed by atoms with E-state index in [1.807, 2.05) is 68.1 Å². The van der Waals surface area contributed by atoms with Crippen molar-refractivity contribution in [3.05, 3.63) is 65.2 Å². The van der Waals surface area contributed by atoms with E-state index in [2.05, 4.69) is 30.1 Å². The fraction of sp³-hybridized carbons (Fsp3) is 0.517. The van der Waals surface area contributed by atoms with E-state index in [4.69, 9.17) is 4.74 Å². The first-order valence-corrected chi connectivity index (χ1v) is 12.7. The van der Waals surface area contributed by atoms with Gasteiger partial charge in [0.05, 0.1) is 0 Å². The first-order chi connectivity index (χ1) is 16.5. The molecule has 2 amide bonds. The van der Waals surface area contributed by atoms with Gasteiger partial charge in [-0.2, -0.15) is 0 Å². The molecule has 3 rings (SSSR count). The summed E-state index contributed by atoms with van der Waals surface area (Å²) < 4.78 is 5.74. The maximum absolute atomic E-state index is 13.1. The molecule has 1 aliphatic heterocycles. The van der Waals surface area contributed by atoms with Crippen LogP contribution in [0.2, 0.25) is 0 Å². The summed E-state index contributed by atoms with van der Waals surface area (Å²) in [4.78, 5) is 29.1. The monoisotopic (exact) mass is 479 g/mol. The van der Waals surface area contributed by atoms with Crippen molar-refractivity contribution in [2.75, 3.05) is 18.4 Å². The number of carbonyl (C=O) groups is 2. The van der Waals surface area contributed by atoms with Gasteiger partial charge in [-0.15, -0.1) is 0 Å². The Hall–Kier alpha value is -2.86. The summed E-state index contributed by atoms with van der Waals surface area (Å²) in [7, 11) is 0. The second-order valence-electron chi connectivity index (χ2n) is 11.0. The molecule has 0 aromatic heterocycles. The Morgan fingerprint density at radius 1 is 1.11 bits per heavy atom. The van der Waals surface area contributed by atoms with E-state index in [1.54, 1.807) is 6.92 Å². The van der Waals surface area contributed by atoms with Crippen LogP contribution >= 0.6 is 0 Å². The van der Waals surface area contributed by atoms with Crippen molar-refractivity contribution < 1.29 is 14.3 Å². The van der Waals surface area contributed by atoms with Crippen molar-refractivity contribution in [1.29, 1.82) is 0 Å². The zero-order chi connectivity index (χ0) is 25.6. The molecule has 0 fully saturated rings. The van der Waals surface area contributed by atoms with Crippen molar-refractivity contribution in [3.63, 3.8) is 0 Å². The van der Waals surface area contributed by atoms with E-state index in [9.17, 15) is 9.59 Å². The minimum Gasteiger partial charge on any atom is -0.444 e. The standard InChI is InChI=1S/C29H41N3O3/c1-21(2)17-25-18-26-24(13-10-14-27(26)30-22(3)33)20-31(25)15-16-32(28(34)35-29(4,5)6)19-23-11-8-7-9-12-23/h7-14,21,25H,15-20H2,1-6H3,(H,30,33). The van der Waals surface area contributed by atoms with E-state index in [0.29, 0.717) is 25.0 Å². The Morgan fingerprint density at radius 2 is 1.83 bits per heavy atom. The third-order valence-electron chi connectivity index (χ3n) is 6.18. The molecular weight excluding hydrogens is 438 g/mol. The second-order valence-corrected chi connectivity index (χ2v) is 11.0. The van der Waals surface area contributed by atoms with Crippen LogP contribution < -0.4 is 5.32 Å². The molecule has 0 spiro atoms. The Labute approximate surface area is 210 Å². The topological polar surface area (TPSA) is 61.9 Å². The van der Waals surface area contributed by atoms with Gasteiger partial charge in [0.15, 0.2) is 0 Å². The summed E-state index contributed by atoms with van der Waals surface area (Å²) in [5.41, 5.74) is 3.93. The van der Waals surface area contributed by atoms with Crippen LogP contribution in [-0.2, 0) is 29.0 Å². The van der Waals surface area contributed by atoms with Crippen molar-refractivity contribution in [1.82, 2.24) is 9.80 Å². The van der Waals surface area contributed by atoms with Gasteiger partial charge in [0.2, 0.25) is 5.91 Å². The Morgan fingerprint density at radius 3 is 2.46 bits per heavy atom. The van der Waals surface area contributed by atoms with Crippen LogP contribution in [0.5, 0.6) is 0 Å². The maximum Gasteiger partial charge on any atom is 0.410 e. The number of anilines is 1. The molecule has 0 aliphatic carbocycles. The lowest BCUT2D eigenvalue weighted by Gasteiger charge is -2.39. The first kappa shape index (κ1) is 26.7. The van der Waals surface area contributed by atoms with Crippen LogP contribution in [0.3, 0.4) is 0 Å². The number of ether oxygens (including phenoxy) is 1. The average molecular weight is 480 g/mol. The van der Waals surface area contributed by atoms with Crippen molar-refractivity contribution in [2.45, 2.75) is 79.1 Å². The van der Waals surface area contributed by atoms with Gasteiger partial charge in [0.25, 0.3) is 0 Å². The minimum atomic E-state index is -0.545. The highest BCUT2D eigenvalue weighted by molar-refractivity contribution is 5.89. The number of rotatable bonds is 8. The Bertz CT molecular complexity index is 998. The number of carbonyl (C=O) groups excluding carboxylic acids is 2. The molecule has 6 heteroatoms. The number of amides is 2. The zero-order valence-electron chi connectivity index (χ0n) is 22.1. The number of hydrogen-bond acceptors (Lipinski definition) is 4. The molecule has 2 aromatic carbocycles. The molecule has 190 valence electrons. The van der Waals surface area contributed by atoms with Gasteiger partial charge in [-0.1, -0.05) is 56.3 Å². The number of hydrogen-bond donors (Lipinski definition) is 1. The summed E-state index contributed by atoms with van der Waals surface area (Å²) in [6.07, 6.45) is 1.65. The van der Waals surface area contributed by atoms with Crippen LogP contribution in [-0.4, -0.2) is 46.5 Å². The van der Waals surface area contributed by atoms with Gasteiger partial charge < -0.3 is 15.0 Å². The lowest BCUT2D eigenvalue weighted by atomic mass is 9.88. The van der Waals surface area contributed by atoms with Crippen LogP contribution in [0.4, 0.5) is 10.5 Å². The fourth-order valence-corrected chi connectivity index (χ4v) is 4.70. The molecule has 1 aliphatic rings. The van der Waals surface area contributed by atoms with Crippen LogP contribution in [0, 0.1) is 5.92 Å². The average Bonchev–Trinajstić information content (AvgIpc) is 2.76. The highest BCUT2D eigenvalue weighted by atomic mass is 16.6. The van der Waals surface area contributed by atoms with Gasteiger partial charge in [0, 0.05) is 44.8 Å². The minimum absolute atomic E-state index is 0.0462. The predicted molar refractivity (Wildman–Crippen MR) is 141 cm³/mol. The number of nitrogens with zero attached hydrogens (tertiary/aromatic N) is 2. The molecule has 0 radical (unpaired) electrons. The molecule has 6 nitrogen and oxygen atoms in total. The molecule has 0 saturated heterocycles. The summed E-state index contributed by atoms with van der Waals surface area (Å²) in [6, 6.07) is 16.5. The quantitative estimate of drug-likeness (QED) is 0.515. The van der Waals surface area contributed by atoms with Crippen LogP contribution in [0.25, 0.3) is 0 Å². The molecule has 35 heavy (non-hydrogen) atoms. The van der Waals surface area contributed by atoms with Crippen LogP contribution in [0.15, 0.2) is 48.5 Å². The van der Waals surface area contributed by atoms with Crippen LogP contribution in [0.1, 0.15) is 64.7 Å². The Kier molecular flexibility index (Phi) is 8.95. The first-order valence-electron chi connectivity index (χ1n) is 12.7. The van der Waals surface area contributed by atoms with Gasteiger partial charge in [0.1, 0.15) is 5.60 Å². The maximum atomic E-state index is 13.1. The molecule has 1 unspecified atom stereocenters. The second kappa shape index (κ2) is 11.7. The van der Waals surface area contributed by atoms with Gasteiger partial charge in [-0.3, -0.25) is 9.69 Å².